The Morgan fingerprint density at radius 2 is 1.53 bits per heavy atom. The molecule has 1 heterocycles. The molecule has 0 spiro atoms. The Hall–Kier alpha value is -3.40. The second kappa shape index (κ2) is 9.82. The second-order valence-corrected chi connectivity index (χ2v) is 8.40. The summed E-state index contributed by atoms with van der Waals surface area (Å²) in [4.78, 5) is 30.7. The summed E-state index contributed by atoms with van der Waals surface area (Å²) in [7, 11) is 0. The normalized spacial score (nSPS) is 17.5. The molecule has 4 nitrogen and oxygen atoms in total. The number of para-hydroxylation sites is 2. The zero-order valence-electron chi connectivity index (χ0n) is 18.8. The lowest BCUT2D eigenvalue weighted by Gasteiger charge is -2.43. The molecule has 0 N–H and O–H groups in total. The molecule has 1 aliphatic heterocycles. The monoisotopic (exact) mass is 426 g/mol. The molecule has 0 unspecified atom stereocenters. The number of nitrogens with zero attached hydrogens (tertiary/aromatic N) is 2. The van der Waals surface area contributed by atoms with Crippen LogP contribution in [0, 0.1) is 0 Å². The topological polar surface area (TPSA) is 40.6 Å². The van der Waals surface area contributed by atoms with Crippen molar-refractivity contribution in [3.63, 3.8) is 0 Å². The Morgan fingerprint density at radius 1 is 0.906 bits per heavy atom. The maximum absolute atomic E-state index is 13.4. The lowest BCUT2D eigenvalue weighted by Crippen LogP contribution is -2.47. The number of hydrogen-bond donors (Lipinski definition) is 0. The molecule has 0 saturated carbocycles. The Kier molecular flexibility index (Phi) is 6.69. The standard InChI is InChI=1S/C28H30N2O2/c1-3-4-19-27(31)30(23-15-9-6-10-16-23)26-20-21(2)29(25-18-12-11-17-24(25)26)28(32)22-13-7-5-8-14-22/h5-18,21,26H,3-4,19-20H2,1-2H3/t21-,26-/m1/s1. The van der Waals surface area contributed by atoms with Gasteiger partial charge >= 0.3 is 0 Å². The summed E-state index contributed by atoms with van der Waals surface area (Å²) in [6.45, 7) is 4.18. The fourth-order valence-corrected chi connectivity index (χ4v) is 4.59. The number of benzene rings is 3. The number of rotatable bonds is 6. The van der Waals surface area contributed by atoms with Crippen LogP contribution in [0.5, 0.6) is 0 Å². The number of unbranched alkanes of at least 4 members (excludes halogenated alkanes) is 1. The van der Waals surface area contributed by atoms with Crippen molar-refractivity contribution < 1.29 is 9.59 Å². The van der Waals surface area contributed by atoms with Crippen molar-refractivity contribution in [1.82, 2.24) is 0 Å². The first-order chi connectivity index (χ1) is 15.6. The Morgan fingerprint density at radius 3 is 2.22 bits per heavy atom. The van der Waals surface area contributed by atoms with E-state index >= 15 is 0 Å². The third-order valence-corrected chi connectivity index (χ3v) is 6.16. The Bertz CT molecular complexity index is 1070. The fourth-order valence-electron chi connectivity index (χ4n) is 4.59. The molecule has 0 saturated heterocycles. The van der Waals surface area contributed by atoms with Crippen LogP contribution in [0.25, 0.3) is 0 Å². The van der Waals surface area contributed by atoms with Crippen molar-refractivity contribution in [2.45, 2.75) is 51.6 Å². The molecule has 1 aliphatic rings. The molecule has 2 amide bonds. The third kappa shape index (κ3) is 4.31. The summed E-state index contributed by atoms with van der Waals surface area (Å²) in [5, 5.41) is 0. The number of carbonyl (C=O) groups excluding carboxylic acids is 2. The van der Waals surface area contributed by atoms with Gasteiger partial charge in [-0.15, -0.1) is 0 Å². The van der Waals surface area contributed by atoms with E-state index in [2.05, 4.69) is 19.9 Å². The van der Waals surface area contributed by atoms with Gasteiger partial charge in [0, 0.05) is 29.4 Å². The largest absolute Gasteiger partial charge is 0.305 e. The zero-order valence-corrected chi connectivity index (χ0v) is 18.8. The number of anilines is 2. The summed E-state index contributed by atoms with van der Waals surface area (Å²) in [5.74, 6) is 0.125. The van der Waals surface area contributed by atoms with Crippen LogP contribution >= 0.6 is 0 Å². The second-order valence-electron chi connectivity index (χ2n) is 8.40. The summed E-state index contributed by atoms with van der Waals surface area (Å²) in [5.41, 5.74) is 3.48. The number of carbonyl (C=O) groups is 2. The van der Waals surface area contributed by atoms with Crippen molar-refractivity contribution in [3.8, 4) is 0 Å². The molecule has 3 aromatic rings. The minimum atomic E-state index is -0.118. The fraction of sp³-hybridized carbons (Fsp3) is 0.286. The molecular formula is C28H30N2O2. The molecule has 0 aliphatic carbocycles. The summed E-state index contributed by atoms with van der Waals surface area (Å²) in [6.07, 6.45) is 3.05. The lowest BCUT2D eigenvalue weighted by molar-refractivity contribution is -0.119. The average Bonchev–Trinajstić information content (AvgIpc) is 2.84. The first-order valence-corrected chi connectivity index (χ1v) is 11.5. The third-order valence-electron chi connectivity index (χ3n) is 6.16. The van der Waals surface area contributed by atoms with Crippen LogP contribution in [0.2, 0.25) is 0 Å². The highest BCUT2D eigenvalue weighted by molar-refractivity contribution is 6.07. The molecule has 32 heavy (non-hydrogen) atoms. The summed E-state index contributed by atoms with van der Waals surface area (Å²) in [6, 6.07) is 27.2. The molecular weight excluding hydrogens is 396 g/mol. The zero-order chi connectivity index (χ0) is 22.5. The van der Waals surface area contributed by atoms with Gasteiger partial charge in [-0.05, 0) is 55.7 Å². The van der Waals surface area contributed by atoms with Crippen molar-refractivity contribution in [2.75, 3.05) is 9.80 Å². The van der Waals surface area contributed by atoms with E-state index in [-0.39, 0.29) is 23.9 Å². The minimum absolute atomic E-state index is 0.00688. The molecule has 164 valence electrons. The molecule has 0 aromatic heterocycles. The number of fused-ring (bicyclic) bond motifs is 1. The number of hydrogen-bond acceptors (Lipinski definition) is 2. The quantitative estimate of drug-likeness (QED) is 0.458. The van der Waals surface area contributed by atoms with Crippen molar-refractivity contribution in [3.05, 3.63) is 96.1 Å². The maximum Gasteiger partial charge on any atom is 0.258 e. The first kappa shape index (κ1) is 21.8. The molecule has 3 aromatic carbocycles. The Labute approximate surface area is 190 Å². The predicted octanol–water partition coefficient (Wildman–Crippen LogP) is 6.39. The molecule has 0 fully saturated rings. The van der Waals surface area contributed by atoms with Crippen LogP contribution in [0.1, 0.15) is 61.5 Å². The van der Waals surface area contributed by atoms with Crippen LogP contribution in [0.3, 0.4) is 0 Å². The van der Waals surface area contributed by atoms with Crippen LogP contribution in [0.15, 0.2) is 84.9 Å². The van der Waals surface area contributed by atoms with E-state index in [1.54, 1.807) is 0 Å². The van der Waals surface area contributed by atoms with Gasteiger partial charge in [-0.1, -0.05) is 67.9 Å². The van der Waals surface area contributed by atoms with Gasteiger partial charge in [-0.25, -0.2) is 0 Å². The highest BCUT2D eigenvalue weighted by Gasteiger charge is 2.38. The minimum Gasteiger partial charge on any atom is -0.305 e. The van der Waals surface area contributed by atoms with Crippen molar-refractivity contribution in [1.29, 1.82) is 0 Å². The van der Waals surface area contributed by atoms with Crippen LogP contribution in [0.4, 0.5) is 11.4 Å². The van der Waals surface area contributed by atoms with Gasteiger partial charge in [0.1, 0.15) is 0 Å². The van der Waals surface area contributed by atoms with E-state index in [4.69, 9.17) is 0 Å². The van der Waals surface area contributed by atoms with Crippen LogP contribution in [-0.2, 0) is 4.79 Å². The van der Waals surface area contributed by atoms with E-state index in [9.17, 15) is 9.59 Å². The highest BCUT2D eigenvalue weighted by Crippen LogP contribution is 2.43. The average molecular weight is 427 g/mol. The van der Waals surface area contributed by atoms with Crippen molar-refractivity contribution in [2.24, 2.45) is 0 Å². The van der Waals surface area contributed by atoms with Gasteiger partial charge in [-0.3, -0.25) is 9.59 Å². The van der Waals surface area contributed by atoms with E-state index in [0.29, 0.717) is 18.4 Å². The lowest BCUT2D eigenvalue weighted by atomic mass is 9.89. The molecule has 2 atom stereocenters. The van der Waals surface area contributed by atoms with E-state index < -0.39 is 0 Å². The first-order valence-electron chi connectivity index (χ1n) is 11.5. The predicted molar refractivity (Wildman–Crippen MR) is 130 cm³/mol. The van der Waals surface area contributed by atoms with Gasteiger partial charge in [0.15, 0.2) is 0 Å². The van der Waals surface area contributed by atoms with E-state index in [1.807, 2.05) is 88.7 Å². The van der Waals surface area contributed by atoms with Gasteiger partial charge in [0.05, 0.1) is 6.04 Å². The van der Waals surface area contributed by atoms with Crippen molar-refractivity contribution >= 4 is 23.2 Å². The van der Waals surface area contributed by atoms with E-state index in [0.717, 1.165) is 29.8 Å². The van der Waals surface area contributed by atoms with Crippen LogP contribution in [-0.4, -0.2) is 17.9 Å². The maximum atomic E-state index is 13.4. The molecule has 4 rings (SSSR count). The number of amides is 2. The van der Waals surface area contributed by atoms with Gasteiger partial charge in [0.2, 0.25) is 5.91 Å². The van der Waals surface area contributed by atoms with E-state index in [1.165, 1.54) is 0 Å². The smallest absolute Gasteiger partial charge is 0.258 e. The Balaban J connectivity index is 1.77. The van der Waals surface area contributed by atoms with Gasteiger partial charge in [-0.2, -0.15) is 0 Å². The molecule has 4 heteroatoms. The molecule has 0 bridgehead atoms. The summed E-state index contributed by atoms with van der Waals surface area (Å²) >= 11 is 0. The van der Waals surface area contributed by atoms with Crippen LogP contribution < -0.4 is 9.80 Å². The van der Waals surface area contributed by atoms with Gasteiger partial charge in [0.25, 0.3) is 5.91 Å². The SMILES string of the molecule is CCCCC(=O)N(c1ccccc1)[C@@H]1C[C@@H](C)N(C(=O)c2ccccc2)c2ccccc21. The highest BCUT2D eigenvalue weighted by atomic mass is 16.2. The van der Waals surface area contributed by atoms with Gasteiger partial charge < -0.3 is 9.80 Å². The summed E-state index contributed by atoms with van der Waals surface area (Å²) < 4.78 is 0. The molecule has 0 radical (unpaired) electrons.